The zero-order chi connectivity index (χ0) is 17.6. The van der Waals surface area contributed by atoms with Crippen molar-refractivity contribution in [2.75, 3.05) is 13.2 Å². The van der Waals surface area contributed by atoms with E-state index >= 15 is 0 Å². The molecule has 1 aromatic heterocycles. The maximum Gasteiger partial charge on any atom is 0.276 e. The Morgan fingerprint density at radius 2 is 1.83 bits per heavy atom. The first-order valence-electron chi connectivity index (χ1n) is 7.23. The molecule has 1 heterocycles. The Bertz CT molecular complexity index is 788. The summed E-state index contributed by atoms with van der Waals surface area (Å²) in [4.78, 5) is 14.2. The van der Waals surface area contributed by atoms with Gasteiger partial charge in [0.1, 0.15) is 0 Å². The standard InChI is InChI=1S/C15H18N2O5S2/c1-3-21-12-8-7-11(10-13(12)22-4-2)24(19,20)17-16-15(18)14-6-5-9-23-14/h5-10,17H,3-4H2,1-2H3,(H,16,18). The summed E-state index contributed by atoms with van der Waals surface area (Å²) in [5.74, 6) is 0.261. The molecule has 0 aliphatic rings. The molecule has 24 heavy (non-hydrogen) atoms. The first-order valence-corrected chi connectivity index (χ1v) is 9.59. The fraction of sp³-hybridized carbons (Fsp3) is 0.267. The number of carbonyl (C=O) groups is 1. The molecule has 9 heteroatoms. The third kappa shape index (κ3) is 4.47. The van der Waals surface area contributed by atoms with Crippen LogP contribution in [-0.2, 0) is 10.0 Å². The van der Waals surface area contributed by atoms with E-state index in [4.69, 9.17) is 9.47 Å². The minimum atomic E-state index is -3.93. The minimum absolute atomic E-state index is 0.0408. The topological polar surface area (TPSA) is 93.7 Å². The third-order valence-electron chi connectivity index (χ3n) is 2.87. The molecule has 130 valence electrons. The van der Waals surface area contributed by atoms with Crippen LogP contribution in [0.5, 0.6) is 11.5 Å². The molecule has 0 aliphatic carbocycles. The summed E-state index contributed by atoms with van der Waals surface area (Å²) in [5.41, 5.74) is 2.18. The van der Waals surface area contributed by atoms with Gasteiger partial charge in [-0.05, 0) is 37.4 Å². The van der Waals surface area contributed by atoms with Crippen molar-refractivity contribution in [2.24, 2.45) is 0 Å². The molecule has 0 unspecified atom stereocenters. The van der Waals surface area contributed by atoms with Crippen molar-refractivity contribution in [3.05, 3.63) is 40.6 Å². The largest absolute Gasteiger partial charge is 0.490 e. The van der Waals surface area contributed by atoms with Crippen LogP contribution in [-0.4, -0.2) is 27.5 Å². The quantitative estimate of drug-likeness (QED) is 0.695. The van der Waals surface area contributed by atoms with Crippen molar-refractivity contribution in [1.82, 2.24) is 10.3 Å². The maximum atomic E-state index is 12.3. The highest BCUT2D eigenvalue weighted by Crippen LogP contribution is 2.30. The van der Waals surface area contributed by atoms with E-state index in [1.807, 2.05) is 6.92 Å². The molecule has 0 spiro atoms. The van der Waals surface area contributed by atoms with Crippen molar-refractivity contribution in [2.45, 2.75) is 18.7 Å². The molecular formula is C15H18N2O5S2. The number of hydrogen-bond donors (Lipinski definition) is 2. The number of carbonyl (C=O) groups excluding carboxylic acids is 1. The predicted molar refractivity (Wildman–Crippen MR) is 90.9 cm³/mol. The van der Waals surface area contributed by atoms with Gasteiger partial charge in [-0.1, -0.05) is 6.07 Å². The molecular weight excluding hydrogens is 352 g/mol. The molecule has 0 saturated heterocycles. The Labute approximate surface area is 144 Å². The summed E-state index contributed by atoms with van der Waals surface area (Å²) in [5, 5.41) is 1.73. The van der Waals surface area contributed by atoms with Crippen molar-refractivity contribution >= 4 is 27.3 Å². The highest BCUT2D eigenvalue weighted by molar-refractivity contribution is 7.89. The van der Waals surface area contributed by atoms with Gasteiger partial charge in [-0.15, -0.1) is 16.2 Å². The number of benzene rings is 1. The minimum Gasteiger partial charge on any atom is -0.490 e. The van der Waals surface area contributed by atoms with Gasteiger partial charge in [0.05, 0.1) is 23.0 Å². The molecule has 7 nitrogen and oxygen atoms in total. The number of rotatable bonds is 8. The van der Waals surface area contributed by atoms with Crippen molar-refractivity contribution in [3.8, 4) is 11.5 Å². The second-order valence-corrected chi connectivity index (χ2v) is 7.14. The lowest BCUT2D eigenvalue weighted by atomic mass is 10.3. The molecule has 2 N–H and O–H groups in total. The van der Waals surface area contributed by atoms with E-state index in [-0.39, 0.29) is 4.90 Å². The number of ether oxygens (including phenoxy) is 2. The van der Waals surface area contributed by atoms with Crippen LogP contribution in [0, 0.1) is 0 Å². The smallest absolute Gasteiger partial charge is 0.276 e. The zero-order valence-electron chi connectivity index (χ0n) is 13.2. The number of hydrazine groups is 1. The summed E-state index contributed by atoms with van der Waals surface area (Å²) in [6.07, 6.45) is 0. The van der Waals surface area contributed by atoms with Crippen LogP contribution in [0.3, 0.4) is 0 Å². The van der Waals surface area contributed by atoms with Gasteiger partial charge in [0.25, 0.3) is 15.9 Å². The monoisotopic (exact) mass is 370 g/mol. The van der Waals surface area contributed by atoms with Gasteiger partial charge in [-0.3, -0.25) is 10.2 Å². The van der Waals surface area contributed by atoms with E-state index in [0.29, 0.717) is 29.6 Å². The van der Waals surface area contributed by atoms with Gasteiger partial charge in [-0.25, -0.2) is 8.42 Å². The summed E-state index contributed by atoms with van der Waals surface area (Å²) in [6, 6.07) is 7.55. The van der Waals surface area contributed by atoms with Gasteiger partial charge in [0, 0.05) is 6.07 Å². The summed E-state index contributed by atoms with van der Waals surface area (Å²) in [6.45, 7) is 4.41. The van der Waals surface area contributed by atoms with Crippen LogP contribution in [0.4, 0.5) is 0 Å². The molecule has 2 rings (SSSR count). The Balaban J connectivity index is 2.16. The highest BCUT2D eigenvalue weighted by atomic mass is 32.2. The summed E-state index contributed by atoms with van der Waals surface area (Å²) < 4.78 is 35.4. The Morgan fingerprint density at radius 3 is 2.46 bits per heavy atom. The molecule has 1 aromatic carbocycles. The summed E-state index contributed by atoms with van der Waals surface area (Å²) in [7, 11) is -3.93. The van der Waals surface area contributed by atoms with Crippen molar-refractivity contribution in [3.63, 3.8) is 0 Å². The van der Waals surface area contributed by atoms with E-state index in [1.165, 1.54) is 29.5 Å². The molecule has 1 amide bonds. The van der Waals surface area contributed by atoms with Crippen LogP contribution in [0.2, 0.25) is 0 Å². The molecule has 0 aliphatic heterocycles. The van der Waals surface area contributed by atoms with Crippen molar-refractivity contribution in [1.29, 1.82) is 0 Å². The third-order valence-corrected chi connectivity index (χ3v) is 4.98. The van der Waals surface area contributed by atoms with E-state index in [9.17, 15) is 13.2 Å². The van der Waals surface area contributed by atoms with Gasteiger partial charge >= 0.3 is 0 Å². The van der Waals surface area contributed by atoms with Gasteiger partial charge in [0.2, 0.25) is 0 Å². The maximum absolute atomic E-state index is 12.3. The van der Waals surface area contributed by atoms with Gasteiger partial charge in [0.15, 0.2) is 11.5 Å². The molecule has 2 aromatic rings. The molecule has 0 saturated carbocycles. The molecule has 0 fully saturated rings. The number of thiophene rings is 1. The van der Waals surface area contributed by atoms with Crippen LogP contribution in [0.1, 0.15) is 23.5 Å². The van der Waals surface area contributed by atoms with E-state index in [2.05, 4.69) is 10.3 Å². The lowest BCUT2D eigenvalue weighted by Crippen LogP contribution is -2.41. The lowest BCUT2D eigenvalue weighted by molar-refractivity contribution is 0.0949. The van der Waals surface area contributed by atoms with Crippen LogP contribution >= 0.6 is 11.3 Å². The van der Waals surface area contributed by atoms with E-state index < -0.39 is 15.9 Å². The average molecular weight is 370 g/mol. The Kier molecular flexibility index (Phi) is 6.18. The van der Waals surface area contributed by atoms with Gasteiger partial charge < -0.3 is 9.47 Å². The summed E-state index contributed by atoms with van der Waals surface area (Å²) >= 11 is 1.21. The van der Waals surface area contributed by atoms with Crippen LogP contribution < -0.4 is 19.7 Å². The number of sulfonamides is 1. The average Bonchev–Trinajstić information content (AvgIpc) is 3.09. The second kappa shape index (κ2) is 8.13. The predicted octanol–water partition coefficient (Wildman–Crippen LogP) is 2.17. The van der Waals surface area contributed by atoms with Gasteiger partial charge in [-0.2, -0.15) is 0 Å². The van der Waals surface area contributed by atoms with Crippen LogP contribution in [0.25, 0.3) is 0 Å². The number of amides is 1. The molecule has 0 bridgehead atoms. The lowest BCUT2D eigenvalue weighted by Gasteiger charge is -2.13. The fourth-order valence-electron chi connectivity index (χ4n) is 1.84. The molecule has 0 radical (unpaired) electrons. The normalized spacial score (nSPS) is 11.1. The number of nitrogens with one attached hydrogen (secondary N) is 2. The Morgan fingerprint density at radius 1 is 1.12 bits per heavy atom. The van der Waals surface area contributed by atoms with E-state index in [1.54, 1.807) is 24.4 Å². The van der Waals surface area contributed by atoms with E-state index in [0.717, 1.165) is 0 Å². The van der Waals surface area contributed by atoms with Crippen LogP contribution in [0.15, 0.2) is 40.6 Å². The highest BCUT2D eigenvalue weighted by Gasteiger charge is 2.19. The Hall–Kier alpha value is -2.10. The SMILES string of the molecule is CCOc1ccc(S(=O)(=O)NNC(=O)c2cccs2)cc1OCC. The first-order chi connectivity index (χ1) is 11.5. The first kappa shape index (κ1) is 18.2. The molecule has 0 atom stereocenters. The second-order valence-electron chi connectivity index (χ2n) is 4.51. The fourth-order valence-corrected chi connectivity index (χ4v) is 3.31. The zero-order valence-corrected chi connectivity index (χ0v) is 14.9. The van der Waals surface area contributed by atoms with Crippen molar-refractivity contribution < 1.29 is 22.7 Å². The number of hydrogen-bond acceptors (Lipinski definition) is 6.